The number of hydrogen-bond donors (Lipinski definition) is 2. The van der Waals surface area contributed by atoms with E-state index in [9.17, 15) is 14.7 Å². The van der Waals surface area contributed by atoms with Crippen molar-refractivity contribution in [2.45, 2.75) is 33.7 Å². The average Bonchev–Trinajstić information content (AvgIpc) is 2.70. The molecule has 156 valence electrons. The lowest BCUT2D eigenvalue weighted by molar-refractivity contribution is -0.144. The van der Waals surface area contributed by atoms with Gasteiger partial charge in [0.25, 0.3) is 5.91 Å². The highest BCUT2D eigenvalue weighted by Crippen LogP contribution is 2.40. The standard InChI is InChI=1S/C25H27NO4/c1-14(2)23(25(29)30-5)26-24(28)19-11-10-17-8-6-7-9-18(17)22(19)21-16(4)12-15(3)13-20(21)27/h6-14,23,27H,1-5H3,(H,26,28)/t23-/m1/s1. The molecule has 0 saturated heterocycles. The molecule has 5 heteroatoms. The number of amides is 1. The van der Waals surface area contributed by atoms with Crippen molar-refractivity contribution in [1.82, 2.24) is 5.32 Å². The number of methoxy groups -OCH3 is 1. The van der Waals surface area contributed by atoms with Crippen molar-refractivity contribution >= 4 is 22.6 Å². The molecule has 0 spiro atoms. The first-order valence-corrected chi connectivity index (χ1v) is 9.95. The number of fused-ring (bicyclic) bond motifs is 1. The molecule has 3 rings (SSSR count). The van der Waals surface area contributed by atoms with Gasteiger partial charge in [-0.1, -0.05) is 50.2 Å². The van der Waals surface area contributed by atoms with E-state index in [0.29, 0.717) is 16.7 Å². The lowest BCUT2D eigenvalue weighted by Gasteiger charge is -2.22. The molecule has 0 aliphatic carbocycles. The summed E-state index contributed by atoms with van der Waals surface area (Å²) in [7, 11) is 1.30. The first kappa shape index (κ1) is 21.4. The van der Waals surface area contributed by atoms with Gasteiger partial charge in [0.1, 0.15) is 11.8 Å². The number of esters is 1. The van der Waals surface area contributed by atoms with Crippen LogP contribution in [-0.2, 0) is 9.53 Å². The van der Waals surface area contributed by atoms with Crippen LogP contribution < -0.4 is 5.32 Å². The number of phenolic OH excluding ortho intramolecular Hbond substituents is 1. The first-order chi connectivity index (χ1) is 14.2. The van der Waals surface area contributed by atoms with Crippen LogP contribution in [0.4, 0.5) is 0 Å². The van der Waals surface area contributed by atoms with E-state index >= 15 is 0 Å². The van der Waals surface area contributed by atoms with Crippen LogP contribution >= 0.6 is 0 Å². The zero-order chi connectivity index (χ0) is 22.0. The number of phenols is 1. The SMILES string of the molecule is COC(=O)[C@H](NC(=O)c1ccc2ccccc2c1-c1c(C)cc(C)cc1O)C(C)C. The zero-order valence-electron chi connectivity index (χ0n) is 17.9. The molecule has 1 amide bonds. The van der Waals surface area contributed by atoms with Crippen molar-refractivity contribution in [3.05, 3.63) is 65.2 Å². The van der Waals surface area contributed by atoms with Crippen LogP contribution in [0.1, 0.15) is 35.3 Å². The minimum Gasteiger partial charge on any atom is -0.507 e. The lowest BCUT2D eigenvalue weighted by atomic mass is 9.89. The van der Waals surface area contributed by atoms with Crippen LogP contribution in [0.3, 0.4) is 0 Å². The average molecular weight is 405 g/mol. The summed E-state index contributed by atoms with van der Waals surface area (Å²) in [6.45, 7) is 7.52. The topological polar surface area (TPSA) is 75.6 Å². The Morgan fingerprint density at radius 3 is 2.33 bits per heavy atom. The Hall–Kier alpha value is -3.34. The summed E-state index contributed by atoms with van der Waals surface area (Å²) in [5.41, 5.74) is 3.46. The number of benzene rings is 3. The number of aryl methyl sites for hydroxylation is 2. The van der Waals surface area contributed by atoms with Gasteiger partial charge in [0.15, 0.2) is 0 Å². The lowest BCUT2D eigenvalue weighted by Crippen LogP contribution is -2.45. The third kappa shape index (κ3) is 4.01. The van der Waals surface area contributed by atoms with E-state index in [4.69, 9.17) is 4.74 Å². The number of ether oxygens (including phenoxy) is 1. The first-order valence-electron chi connectivity index (χ1n) is 9.95. The van der Waals surface area contributed by atoms with Gasteiger partial charge < -0.3 is 15.2 Å². The van der Waals surface area contributed by atoms with Crippen LogP contribution in [0.15, 0.2) is 48.5 Å². The van der Waals surface area contributed by atoms with Crippen molar-refractivity contribution in [3.63, 3.8) is 0 Å². The van der Waals surface area contributed by atoms with Crippen molar-refractivity contribution in [1.29, 1.82) is 0 Å². The van der Waals surface area contributed by atoms with Crippen molar-refractivity contribution < 1.29 is 19.4 Å². The van der Waals surface area contributed by atoms with Crippen LogP contribution in [-0.4, -0.2) is 30.1 Å². The molecular formula is C25H27NO4. The molecule has 0 fully saturated rings. The Kier molecular flexibility index (Phi) is 6.11. The van der Waals surface area contributed by atoms with Gasteiger partial charge in [0.2, 0.25) is 0 Å². The molecule has 0 aromatic heterocycles. The smallest absolute Gasteiger partial charge is 0.328 e. The maximum atomic E-state index is 13.3. The second-order valence-electron chi connectivity index (χ2n) is 7.90. The molecule has 0 saturated carbocycles. The Morgan fingerprint density at radius 2 is 1.70 bits per heavy atom. The fourth-order valence-corrected chi connectivity index (χ4v) is 3.84. The predicted molar refractivity (Wildman–Crippen MR) is 119 cm³/mol. The highest BCUT2D eigenvalue weighted by molar-refractivity contribution is 6.11. The Balaban J connectivity index is 2.23. The number of carbonyl (C=O) groups is 2. The molecule has 3 aromatic carbocycles. The quantitative estimate of drug-likeness (QED) is 0.600. The fourth-order valence-electron chi connectivity index (χ4n) is 3.84. The third-order valence-corrected chi connectivity index (χ3v) is 5.29. The van der Waals surface area contributed by atoms with E-state index in [1.54, 1.807) is 12.1 Å². The second kappa shape index (κ2) is 8.57. The highest BCUT2D eigenvalue weighted by atomic mass is 16.5. The summed E-state index contributed by atoms with van der Waals surface area (Å²) >= 11 is 0. The van der Waals surface area contributed by atoms with Gasteiger partial charge in [-0.05, 0) is 53.8 Å². The molecule has 30 heavy (non-hydrogen) atoms. The van der Waals surface area contributed by atoms with Crippen LogP contribution in [0.2, 0.25) is 0 Å². The fraction of sp³-hybridized carbons (Fsp3) is 0.280. The molecule has 0 unspecified atom stereocenters. The second-order valence-corrected chi connectivity index (χ2v) is 7.90. The summed E-state index contributed by atoms with van der Waals surface area (Å²) in [6.07, 6.45) is 0. The minimum absolute atomic E-state index is 0.117. The minimum atomic E-state index is -0.769. The monoisotopic (exact) mass is 405 g/mol. The summed E-state index contributed by atoms with van der Waals surface area (Å²) in [6, 6.07) is 14.2. The molecule has 0 aliphatic rings. The van der Waals surface area contributed by atoms with Crippen LogP contribution in [0.25, 0.3) is 21.9 Å². The third-order valence-electron chi connectivity index (χ3n) is 5.29. The Bertz CT molecular complexity index is 1090. The van der Waals surface area contributed by atoms with E-state index in [1.165, 1.54) is 7.11 Å². The number of carbonyl (C=O) groups excluding carboxylic acids is 2. The van der Waals surface area contributed by atoms with Crippen LogP contribution in [0.5, 0.6) is 5.75 Å². The normalized spacial score (nSPS) is 12.1. The maximum Gasteiger partial charge on any atom is 0.328 e. The molecule has 5 nitrogen and oxygen atoms in total. The zero-order valence-corrected chi connectivity index (χ0v) is 17.9. The van der Waals surface area contributed by atoms with Gasteiger partial charge in [-0.25, -0.2) is 4.79 Å². The van der Waals surface area contributed by atoms with Gasteiger partial charge >= 0.3 is 5.97 Å². The van der Waals surface area contributed by atoms with E-state index in [0.717, 1.165) is 21.9 Å². The summed E-state index contributed by atoms with van der Waals surface area (Å²) in [5, 5.41) is 15.4. The van der Waals surface area contributed by atoms with E-state index in [1.807, 2.05) is 64.1 Å². The molecule has 0 aliphatic heterocycles. The van der Waals surface area contributed by atoms with Crippen molar-refractivity contribution in [2.24, 2.45) is 5.92 Å². The largest absolute Gasteiger partial charge is 0.507 e. The number of nitrogens with one attached hydrogen (secondary N) is 1. The number of aromatic hydroxyl groups is 1. The molecule has 0 bridgehead atoms. The number of rotatable bonds is 5. The van der Waals surface area contributed by atoms with Crippen molar-refractivity contribution in [3.8, 4) is 16.9 Å². The summed E-state index contributed by atoms with van der Waals surface area (Å²) in [4.78, 5) is 25.5. The van der Waals surface area contributed by atoms with E-state index in [-0.39, 0.29) is 17.6 Å². The van der Waals surface area contributed by atoms with E-state index < -0.39 is 12.0 Å². The van der Waals surface area contributed by atoms with Gasteiger partial charge in [-0.3, -0.25) is 4.79 Å². The Morgan fingerprint density at radius 1 is 1.00 bits per heavy atom. The Labute approximate surface area is 176 Å². The summed E-state index contributed by atoms with van der Waals surface area (Å²) < 4.78 is 4.85. The van der Waals surface area contributed by atoms with Crippen LogP contribution in [0, 0.1) is 19.8 Å². The molecule has 0 radical (unpaired) electrons. The van der Waals surface area contributed by atoms with Gasteiger partial charge in [0, 0.05) is 16.7 Å². The van der Waals surface area contributed by atoms with Gasteiger partial charge in [-0.15, -0.1) is 0 Å². The molecule has 2 N–H and O–H groups in total. The number of hydrogen-bond acceptors (Lipinski definition) is 4. The highest BCUT2D eigenvalue weighted by Gasteiger charge is 2.27. The van der Waals surface area contributed by atoms with Gasteiger partial charge in [-0.2, -0.15) is 0 Å². The molecule has 3 aromatic rings. The van der Waals surface area contributed by atoms with E-state index in [2.05, 4.69) is 5.32 Å². The molecule has 1 atom stereocenters. The summed E-state index contributed by atoms with van der Waals surface area (Å²) in [5.74, 6) is -0.902. The molecule has 0 heterocycles. The maximum absolute atomic E-state index is 13.3. The van der Waals surface area contributed by atoms with Crippen molar-refractivity contribution in [2.75, 3.05) is 7.11 Å². The van der Waals surface area contributed by atoms with Gasteiger partial charge in [0.05, 0.1) is 7.11 Å². The molecular weight excluding hydrogens is 378 g/mol. The predicted octanol–water partition coefficient (Wildman–Crippen LogP) is 4.76.